The fourth-order valence-electron chi connectivity index (χ4n) is 11.3. The number of hydrogen-bond donors (Lipinski definition) is 0. The van der Waals surface area contributed by atoms with Crippen LogP contribution in [0, 0.1) is 0 Å². The van der Waals surface area contributed by atoms with E-state index in [-0.39, 0.29) is 0 Å². The molecule has 0 aliphatic carbocycles. The molecule has 3 heterocycles. The van der Waals surface area contributed by atoms with Gasteiger partial charge in [-0.2, -0.15) is 0 Å². The second-order valence-electron chi connectivity index (χ2n) is 19.2. The van der Waals surface area contributed by atoms with Crippen LogP contribution in [0.4, 0.5) is 51.2 Å². The summed E-state index contributed by atoms with van der Waals surface area (Å²) in [6, 6.07) is 98.8. The molecule has 0 saturated heterocycles. The molecule has 0 spiro atoms. The van der Waals surface area contributed by atoms with Gasteiger partial charge in [-0.25, -0.2) is 0 Å². The first-order valence-corrected chi connectivity index (χ1v) is 27.3. The van der Waals surface area contributed by atoms with E-state index in [2.05, 4.69) is 282 Å². The molecule has 76 heavy (non-hydrogen) atoms. The number of benzene rings is 12. The lowest BCUT2D eigenvalue weighted by atomic mass is 10.0. The molecule has 15 rings (SSSR count). The fourth-order valence-corrected chi connectivity index (χ4v) is 13.7. The maximum Gasteiger partial charge on any atom is 0.159 e. The number of thiophene rings is 2. The number of hydrogen-bond acceptors (Lipinski definition) is 6. The molecule has 4 nitrogen and oxygen atoms in total. The van der Waals surface area contributed by atoms with E-state index in [0.29, 0.717) is 0 Å². The number of para-hydroxylation sites is 4. The molecule has 0 N–H and O–H groups in total. The highest BCUT2D eigenvalue weighted by atomic mass is 32.1. The first-order valence-electron chi connectivity index (χ1n) is 25.6. The van der Waals surface area contributed by atoms with Gasteiger partial charge in [0.1, 0.15) is 5.58 Å². The first kappa shape index (κ1) is 44.1. The van der Waals surface area contributed by atoms with Crippen LogP contribution >= 0.6 is 22.7 Å². The van der Waals surface area contributed by atoms with Crippen LogP contribution in [0.3, 0.4) is 0 Å². The number of anilines is 9. The van der Waals surface area contributed by atoms with Crippen molar-refractivity contribution in [2.45, 2.75) is 0 Å². The molecule has 0 radical (unpaired) electrons. The second kappa shape index (κ2) is 18.2. The fraction of sp³-hybridized carbons (Fsp3) is 0. The molecular weight excluding hydrogens is 963 g/mol. The normalized spacial score (nSPS) is 11.7. The van der Waals surface area contributed by atoms with Crippen LogP contribution in [-0.2, 0) is 0 Å². The topological polar surface area (TPSA) is 22.9 Å². The Labute approximate surface area is 447 Å². The Hall–Kier alpha value is -9.46. The van der Waals surface area contributed by atoms with E-state index in [0.717, 1.165) is 78.7 Å². The molecular formula is C70H45N3OS2. The van der Waals surface area contributed by atoms with Crippen molar-refractivity contribution >= 4 is 147 Å². The molecule has 0 unspecified atom stereocenters. The Morgan fingerprint density at radius 2 is 0.737 bits per heavy atom. The summed E-state index contributed by atoms with van der Waals surface area (Å²) >= 11 is 3.70. The zero-order valence-electron chi connectivity index (χ0n) is 41.0. The van der Waals surface area contributed by atoms with Crippen molar-refractivity contribution in [2.24, 2.45) is 0 Å². The molecule has 0 atom stereocenters. The lowest BCUT2D eigenvalue weighted by Crippen LogP contribution is -2.10. The molecule has 3 aromatic heterocycles. The third-order valence-electron chi connectivity index (χ3n) is 14.8. The summed E-state index contributed by atoms with van der Waals surface area (Å²) in [7, 11) is 0. The summed E-state index contributed by atoms with van der Waals surface area (Å²) in [5.74, 6) is 0. The molecule has 0 amide bonds. The highest BCUT2D eigenvalue weighted by molar-refractivity contribution is 7.26. The van der Waals surface area contributed by atoms with E-state index in [4.69, 9.17) is 4.42 Å². The zero-order chi connectivity index (χ0) is 50.1. The lowest BCUT2D eigenvalue weighted by Gasteiger charge is -2.27. The number of nitrogens with zero attached hydrogens (tertiary/aromatic N) is 3. The highest BCUT2D eigenvalue weighted by Gasteiger charge is 2.25. The lowest BCUT2D eigenvalue weighted by molar-refractivity contribution is 0.669. The Kier molecular flexibility index (Phi) is 10.5. The molecule has 6 heteroatoms. The van der Waals surface area contributed by atoms with Gasteiger partial charge in [-0.05, 0) is 131 Å². The van der Waals surface area contributed by atoms with E-state index in [9.17, 15) is 0 Å². The van der Waals surface area contributed by atoms with Gasteiger partial charge in [-0.3, -0.25) is 0 Å². The molecule has 0 saturated carbocycles. The molecule has 0 aliphatic rings. The van der Waals surface area contributed by atoms with Crippen molar-refractivity contribution in [1.29, 1.82) is 0 Å². The minimum atomic E-state index is 0.863. The van der Waals surface area contributed by atoms with Crippen molar-refractivity contribution in [3.8, 4) is 11.1 Å². The Morgan fingerprint density at radius 1 is 0.263 bits per heavy atom. The monoisotopic (exact) mass is 1010 g/mol. The Balaban J connectivity index is 0.915. The van der Waals surface area contributed by atoms with E-state index in [1.165, 1.54) is 56.7 Å². The molecule has 12 aromatic carbocycles. The molecule has 0 aliphatic heterocycles. The molecule has 358 valence electrons. The molecule has 15 aromatic rings. The van der Waals surface area contributed by atoms with Gasteiger partial charge >= 0.3 is 0 Å². The smallest absolute Gasteiger partial charge is 0.159 e. The van der Waals surface area contributed by atoms with E-state index < -0.39 is 0 Å². The summed E-state index contributed by atoms with van der Waals surface area (Å²) in [4.78, 5) is 7.23. The van der Waals surface area contributed by atoms with E-state index in [1.807, 2.05) is 28.7 Å². The molecule has 0 fully saturated rings. The summed E-state index contributed by atoms with van der Waals surface area (Å²) in [5.41, 5.74) is 13.9. The second-order valence-corrected chi connectivity index (χ2v) is 21.4. The van der Waals surface area contributed by atoms with Gasteiger partial charge in [-0.15, -0.1) is 22.7 Å². The Morgan fingerprint density at radius 3 is 1.41 bits per heavy atom. The maximum atomic E-state index is 6.78. The van der Waals surface area contributed by atoms with Crippen LogP contribution in [0.1, 0.15) is 0 Å². The van der Waals surface area contributed by atoms with Gasteiger partial charge in [0.25, 0.3) is 0 Å². The van der Waals surface area contributed by atoms with Crippen LogP contribution in [0.15, 0.2) is 277 Å². The van der Waals surface area contributed by atoms with Gasteiger partial charge in [0.2, 0.25) is 0 Å². The van der Waals surface area contributed by atoms with E-state index >= 15 is 0 Å². The highest BCUT2D eigenvalue weighted by Crippen LogP contribution is 2.51. The summed E-state index contributed by atoms with van der Waals surface area (Å²) < 4.78 is 11.7. The summed E-state index contributed by atoms with van der Waals surface area (Å²) in [5, 5.41) is 9.46. The maximum absolute atomic E-state index is 6.78. The van der Waals surface area contributed by atoms with Crippen LogP contribution in [0.5, 0.6) is 0 Å². The van der Waals surface area contributed by atoms with Gasteiger partial charge in [0, 0.05) is 75.8 Å². The average molecular weight is 1010 g/mol. The van der Waals surface area contributed by atoms with Crippen LogP contribution < -0.4 is 14.7 Å². The van der Waals surface area contributed by atoms with Gasteiger partial charge in [-0.1, -0.05) is 164 Å². The average Bonchev–Trinajstić information content (AvgIpc) is 4.21. The first-order chi connectivity index (χ1) is 37.7. The SMILES string of the molecule is c1ccc(-c2cccc(N(c3ccc4sc5c(N(c6ccccc6)c6ccccc6)cccc5c4c3)c3ccc4sc5c(N(c6ccc7ccccc7c6)c6cccc7c6oc6ccccc67)cccc5c4c3)c2)cc1. The van der Waals surface area contributed by atoms with Crippen molar-refractivity contribution in [2.75, 3.05) is 14.7 Å². The summed E-state index contributed by atoms with van der Waals surface area (Å²) in [6.07, 6.45) is 0. The predicted octanol–water partition coefficient (Wildman–Crippen LogP) is 21.6. The number of fused-ring (bicyclic) bond motifs is 10. The van der Waals surface area contributed by atoms with Crippen LogP contribution in [0.25, 0.3) is 84.2 Å². The van der Waals surface area contributed by atoms with Crippen LogP contribution in [0.2, 0.25) is 0 Å². The standard InChI is InChI=1S/C70H45N3OS2/c1-4-18-46(19-5-1)49-22-14-27-52(42-49)71(54-38-40-66-60(44-54)58-30-16-33-63(69(58)75-66)72(50-23-6-2-7-24-50)51-25-8-3-9-26-51)55-39-41-67-61(45-55)59-31-17-34-64(70(59)76-67)73(53-37-36-47-20-10-11-21-48(47)43-53)62-32-15-29-57-56-28-12-13-35-65(56)74-68(57)62/h1-45H. The quantitative estimate of drug-likeness (QED) is 0.136. The molecule has 0 bridgehead atoms. The van der Waals surface area contributed by atoms with Crippen LogP contribution in [-0.4, -0.2) is 0 Å². The minimum Gasteiger partial charge on any atom is -0.454 e. The van der Waals surface area contributed by atoms with Crippen molar-refractivity contribution in [3.05, 3.63) is 273 Å². The van der Waals surface area contributed by atoms with Gasteiger partial charge in [0.15, 0.2) is 5.58 Å². The van der Waals surface area contributed by atoms with E-state index in [1.54, 1.807) is 0 Å². The largest absolute Gasteiger partial charge is 0.454 e. The third-order valence-corrected chi connectivity index (χ3v) is 17.2. The zero-order valence-corrected chi connectivity index (χ0v) is 42.7. The van der Waals surface area contributed by atoms with Crippen molar-refractivity contribution in [1.82, 2.24) is 0 Å². The predicted molar refractivity (Wildman–Crippen MR) is 326 cm³/mol. The van der Waals surface area contributed by atoms with Crippen molar-refractivity contribution in [3.63, 3.8) is 0 Å². The summed E-state index contributed by atoms with van der Waals surface area (Å²) in [6.45, 7) is 0. The van der Waals surface area contributed by atoms with Crippen molar-refractivity contribution < 1.29 is 4.42 Å². The van der Waals surface area contributed by atoms with Gasteiger partial charge < -0.3 is 19.1 Å². The third kappa shape index (κ3) is 7.41. The van der Waals surface area contributed by atoms with Gasteiger partial charge in [0.05, 0.1) is 26.5 Å². The number of rotatable bonds is 10. The number of furan rings is 1. The Bertz CT molecular complexity index is 4640. The minimum absolute atomic E-state index is 0.863.